The molecule has 1 aliphatic rings. The van der Waals surface area contributed by atoms with Crippen molar-refractivity contribution in [3.8, 4) is 0 Å². The van der Waals surface area contributed by atoms with Crippen LogP contribution in [-0.2, 0) is 0 Å². The third-order valence-electron chi connectivity index (χ3n) is 5.03. The van der Waals surface area contributed by atoms with Crippen LogP contribution in [0.1, 0.15) is 47.8 Å². The summed E-state index contributed by atoms with van der Waals surface area (Å²) >= 11 is 1.53. The molecule has 24 heavy (non-hydrogen) atoms. The first-order valence-electron chi connectivity index (χ1n) is 8.77. The van der Waals surface area contributed by atoms with Gasteiger partial charge in [-0.3, -0.25) is 4.79 Å². The van der Waals surface area contributed by atoms with E-state index in [1.807, 2.05) is 6.07 Å². The summed E-state index contributed by atoms with van der Waals surface area (Å²) in [5, 5.41) is 2.21. The van der Waals surface area contributed by atoms with E-state index in [1.54, 1.807) is 0 Å². The van der Waals surface area contributed by atoms with E-state index >= 15 is 0 Å². The highest BCUT2D eigenvalue weighted by atomic mass is 32.1. The molecule has 3 heterocycles. The standard InChI is InChI=1S/C20H22N2OS/c1-3-16-6-4-5-9-22(16)20(23)18-12-15-11-14-8-7-13(2)10-17(14)21-19(15)24-18/h7-8,10-12,16H,3-6,9H2,1-2H3/t16-/m0/s1. The lowest BCUT2D eigenvalue weighted by Crippen LogP contribution is -2.43. The highest BCUT2D eigenvalue weighted by Gasteiger charge is 2.27. The van der Waals surface area contributed by atoms with Gasteiger partial charge in [-0.15, -0.1) is 11.3 Å². The quantitative estimate of drug-likeness (QED) is 0.646. The number of hydrogen-bond donors (Lipinski definition) is 0. The lowest BCUT2D eigenvalue weighted by Gasteiger charge is -2.34. The number of aromatic nitrogens is 1. The smallest absolute Gasteiger partial charge is 0.264 e. The van der Waals surface area contributed by atoms with Crippen molar-refractivity contribution in [1.82, 2.24) is 9.88 Å². The predicted octanol–water partition coefficient (Wildman–Crippen LogP) is 5.16. The van der Waals surface area contributed by atoms with Crippen molar-refractivity contribution in [3.63, 3.8) is 0 Å². The van der Waals surface area contributed by atoms with E-state index in [0.717, 1.165) is 51.8 Å². The van der Waals surface area contributed by atoms with Crippen molar-refractivity contribution >= 4 is 38.4 Å². The van der Waals surface area contributed by atoms with Gasteiger partial charge < -0.3 is 4.90 Å². The van der Waals surface area contributed by atoms with Crippen LogP contribution in [0, 0.1) is 6.92 Å². The minimum Gasteiger partial charge on any atom is -0.335 e. The molecule has 3 nitrogen and oxygen atoms in total. The number of thiophene rings is 1. The molecule has 0 radical (unpaired) electrons. The molecular weight excluding hydrogens is 316 g/mol. The van der Waals surface area contributed by atoms with Crippen molar-refractivity contribution in [1.29, 1.82) is 0 Å². The monoisotopic (exact) mass is 338 g/mol. The molecule has 124 valence electrons. The van der Waals surface area contributed by atoms with Gasteiger partial charge in [-0.2, -0.15) is 0 Å². The van der Waals surface area contributed by atoms with Crippen LogP contribution in [0.5, 0.6) is 0 Å². The molecular formula is C20H22N2OS. The van der Waals surface area contributed by atoms with E-state index in [2.05, 4.69) is 43.0 Å². The predicted molar refractivity (Wildman–Crippen MR) is 101 cm³/mol. The molecule has 0 N–H and O–H groups in total. The second-order valence-electron chi connectivity index (χ2n) is 6.75. The Bertz CT molecular complexity index is 915. The van der Waals surface area contributed by atoms with Crippen LogP contribution >= 0.6 is 11.3 Å². The van der Waals surface area contributed by atoms with Crippen molar-refractivity contribution in [3.05, 3.63) is 40.8 Å². The number of amides is 1. The van der Waals surface area contributed by atoms with Gasteiger partial charge in [0.25, 0.3) is 5.91 Å². The van der Waals surface area contributed by atoms with Gasteiger partial charge in [0.1, 0.15) is 4.83 Å². The van der Waals surface area contributed by atoms with E-state index in [9.17, 15) is 4.79 Å². The lowest BCUT2D eigenvalue weighted by molar-refractivity contribution is 0.0613. The Morgan fingerprint density at radius 1 is 1.25 bits per heavy atom. The number of hydrogen-bond acceptors (Lipinski definition) is 3. The van der Waals surface area contributed by atoms with Crippen molar-refractivity contribution in [2.45, 2.75) is 45.6 Å². The number of aryl methyl sites for hydroxylation is 1. The van der Waals surface area contributed by atoms with E-state index in [4.69, 9.17) is 4.98 Å². The summed E-state index contributed by atoms with van der Waals surface area (Å²) in [6.07, 6.45) is 4.53. The van der Waals surface area contributed by atoms with E-state index in [1.165, 1.54) is 23.3 Å². The van der Waals surface area contributed by atoms with Gasteiger partial charge in [-0.05, 0) is 56.4 Å². The third-order valence-corrected chi connectivity index (χ3v) is 6.06. The van der Waals surface area contributed by atoms with Crippen LogP contribution in [0.2, 0.25) is 0 Å². The van der Waals surface area contributed by atoms with Gasteiger partial charge in [-0.1, -0.05) is 19.1 Å². The van der Waals surface area contributed by atoms with Crippen LogP contribution in [-0.4, -0.2) is 28.4 Å². The zero-order valence-electron chi connectivity index (χ0n) is 14.2. The maximum atomic E-state index is 13.0. The Balaban J connectivity index is 1.73. The Kier molecular flexibility index (Phi) is 4.01. The first-order chi connectivity index (χ1) is 11.7. The number of nitrogens with zero attached hydrogens (tertiary/aromatic N) is 2. The maximum absolute atomic E-state index is 13.0. The number of fused-ring (bicyclic) bond motifs is 2. The van der Waals surface area contributed by atoms with Gasteiger partial charge in [0.2, 0.25) is 0 Å². The number of benzene rings is 1. The Hall–Kier alpha value is -1.94. The Morgan fingerprint density at radius 3 is 2.96 bits per heavy atom. The number of carbonyl (C=O) groups excluding carboxylic acids is 1. The second-order valence-corrected chi connectivity index (χ2v) is 7.78. The molecule has 4 heteroatoms. The van der Waals surface area contributed by atoms with Crippen molar-refractivity contribution < 1.29 is 4.79 Å². The van der Waals surface area contributed by atoms with Gasteiger partial charge >= 0.3 is 0 Å². The Morgan fingerprint density at radius 2 is 2.12 bits per heavy atom. The zero-order valence-corrected chi connectivity index (χ0v) is 15.0. The number of carbonyl (C=O) groups is 1. The van der Waals surface area contributed by atoms with E-state index in [0.29, 0.717) is 6.04 Å². The minimum absolute atomic E-state index is 0.185. The minimum atomic E-state index is 0.185. The highest BCUT2D eigenvalue weighted by Crippen LogP contribution is 2.30. The summed E-state index contributed by atoms with van der Waals surface area (Å²) in [7, 11) is 0. The number of likely N-dealkylation sites (tertiary alicyclic amines) is 1. The molecule has 1 aromatic carbocycles. The third kappa shape index (κ3) is 2.69. The average Bonchev–Trinajstić information content (AvgIpc) is 3.01. The molecule has 0 bridgehead atoms. The fourth-order valence-electron chi connectivity index (χ4n) is 3.68. The summed E-state index contributed by atoms with van der Waals surface area (Å²) in [6, 6.07) is 10.9. The highest BCUT2D eigenvalue weighted by molar-refractivity contribution is 7.20. The molecule has 2 aromatic heterocycles. The molecule has 0 saturated carbocycles. The molecule has 1 atom stereocenters. The van der Waals surface area contributed by atoms with Gasteiger partial charge in [0.15, 0.2) is 0 Å². The topological polar surface area (TPSA) is 33.2 Å². The molecule has 1 fully saturated rings. The largest absolute Gasteiger partial charge is 0.335 e. The molecule has 0 aliphatic carbocycles. The van der Waals surface area contributed by atoms with Gasteiger partial charge in [-0.25, -0.2) is 4.98 Å². The Labute approximate surface area is 146 Å². The number of pyridine rings is 1. The lowest BCUT2D eigenvalue weighted by atomic mass is 10.00. The average molecular weight is 338 g/mol. The molecule has 3 aromatic rings. The fourth-order valence-corrected chi connectivity index (χ4v) is 4.65. The molecule has 1 amide bonds. The summed E-state index contributed by atoms with van der Waals surface area (Å²) in [4.78, 5) is 21.6. The van der Waals surface area contributed by atoms with Crippen LogP contribution in [0.15, 0.2) is 30.3 Å². The molecule has 1 saturated heterocycles. The maximum Gasteiger partial charge on any atom is 0.264 e. The normalized spacial score (nSPS) is 18.4. The van der Waals surface area contributed by atoms with Crippen LogP contribution in [0.3, 0.4) is 0 Å². The SMILES string of the molecule is CC[C@H]1CCCCN1C(=O)c1cc2cc3ccc(C)cc3nc2s1. The van der Waals surface area contributed by atoms with Gasteiger partial charge in [0.05, 0.1) is 10.4 Å². The number of rotatable bonds is 2. The van der Waals surface area contributed by atoms with Crippen LogP contribution in [0.25, 0.3) is 21.1 Å². The number of piperidine rings is 1. The zero-order chi connectivity index (χ0) is 16.7. The summed E-state index contributed by atoms with van der Waals surface area (Å²) in [6.45, 7) is 5.15. The van der Waals surface area contributed by atoms with Crippen molar-refractivity contribution in [2.75, 3.05) is 6.54 Å². The van der Waals surface area contributed by atoms with Crippen LogP contribution < -0.4 is 0 Å². The van der Waals surface area contributed by atoms with Gasteiger partial charge in [0, 0.05) is 23.4 Å². The van der Waals surface area contributed by atoms with Crippen LogP contribution in [0.4, 0.5) is 0 Å². The fraction of sp³-hybridized carbons (Fsp3) is 0.400. The first-order valence-corrected chi connectivity index (χ1v) is 9.59. The second kappa shape index (κ2) is 6.17. The molecule has 1 aliphatic heterocycles. The molecule has 4 rings (SSSR count). The van der Waals surface area contributed by atoms with E-state index < -0.39 is 0 Å². The van der Waals surface area contributed by atoms with E-state index in [-0.39, 0.29) is 5.91 Å². The molecule has 0 unspecified atom stereocenters. The summed E-state index contributed by atoms with van der Waals surface area (Å²) in [5.74, 6) is 0.185. The summed E-state index contributed by atoms with van der Waals surface area (Å²) in [5.41, 5.74) is 2.22. The molecule has 0 spiro atoms. The van der Waals surface area contributed by atoms with Crippen molar-refractivity contribution in [2.24, 2.45) is 0 Å². The first kappa shape index (κ1) is 15.6. The summed E-state index contributed by atoms with van der Waals surface area (Å²) < 4.78 is 0.